The summed E-state index contributed by atoms with van der Waals surface area (Å²) < 4.78 is 3.18. The third-order valence-electron chi connectivity index (χ3n) is 3.44. The second kappa shape index (κ2) is 5.24. The van der Waals surface area contributed by atoms with Crippen molar-refractivity contribution in [3.8, 4) is 11.3 Å². The molecule has 2 rings (SSSR count). The number of rotatable bonds is 2. The largest absolute Gasteiger partial charge is 0.383 e. The maximum atomic E-state index is 6.32. The van der Waals surface area contributed by atoms with Gasteiger partial charge in [-0.3, -0.25) is 0 Å². The van der Waals surface area contributed by atoms with Crippen molar-refractivity contribution in [2.75, 3.05) is 5.73 Å². The fourth-order valence-corrected chi connectivity index (χ4v) is 2.69. The Kier molecular flexibility index (Phi) is 3.96. The molecule has 1 aromatic heterocycles. The van der Waals surface area contributed by atoms with Crippen molar-refractivity contribution in [1.29, 1.82) is 0 Å². The summed E-state index contributed by atoms with van der Waals surface area (Å²) in [7, 11) is 0. The first-order chi connectivity index (χ1) is 9.25. The first kappa shape index (κ1) is 15.1. The summed E-state index contributed by atoms with van der Waals surface area (Å²) in [5.74, 6) is 1.78. The van der Waals surface area contributed by atoms with E-state index in [0.717, 1.165) is 33.9 Å². The maximum Gasteiger partial charge on any atom is 0.131 e. The topological polar surface area (TPSA) is 43.8 Å². The first-order valence-corrected chi connectivity index (χ1v) is 7.68. The molecule has 0 fully saturated rings. The van der Waals surface area contributed by atoms with Gasteiger partial charge in [-0.15, -0.1) is 0 Å². The lowest BCUT2D eigenvalue weighted by Crippen LogP contribution is -2.19. The molecule has 0 spiro atoms. The second-order valence-electron chi connectivity index (χ2n) is 6.13. The number of hydrogen-bond donors (Lipinski definition) is 1. The second-order valence-corrected chi connectivity index (χ2v) is 6.98. The monoisotopic (exact) mass is 335 g/mol. The average Bonchev–Trinajstić information content (AvgIpc) is 2.69. The highest BCUT2D eigenvalue weighted by atomic mass is 79.9. The van der Waals surface area contributed by atoms with Gasteiger partial charge >= 0.3 is 0 Å². The normalized spacial score (nSPS) is 11.9. The summed E-state index contributed by atoms with van der Waals surface area (Å²) in [4.78, 5) is 4.81. The van der Waals surface area contributed by atoms with Gasteiger partial charge in [0.25, 0.3) is 0 Å². The molecule has 0 aliphatic heterocycles. The average molecular weight is 336 g/mol. The van der Waals surface area contributed by atoms with Crippen LogP contribution in [0.1, 0.15) is 39.1 Å². The van der Waals surface area contributed by atoms with Crippen LogP contribution < -0.4 is 5.73 Å². The zero-order chi connectivity index (χ0) is 15.1. The van der Waals surface area contributed by atoms with Crippen LogP contribution in [0, 0.1) is 6.92 Å². The van der Waals surface area contributed by atoms with Crippen molar-refractivity contribution in [2.24, 2.45) is 0 Å². The van der Waals surface area contributed by atoms with Gasteiger partial charge in [-0.2, -0.15) is 0 Å². The Hall–Kier alpha value is -1.29. The van der Waals surface area contributed by atoms with Crippen LogP contribution in [0.3, 0.4) is 0 Å². The maximum absolute atomic E-state index is 6.32. The van der Waals surface area contributed by atoms with E-state index in [1.165, 1.54) is 5.56 Å². The molecule has 0 atom stereocenters. The van der Waals surface area contributed by atoms with Crippen molar-refractivity contribution in [2.45, 2.75) is 46.6 Å². The molecular formula is C16H22BrN3. The van der Waals surface area contributed by atoms with E-state index in [1.807, 2.05) is 0 Å². The van der Waals surface area contributed by atoms with Crippen LogP contribution >= 0.6 is 15.9 Å². The highest BCUT2D eigenvalue weighted by Gasteiger charge is 2.24. The number of aryl methyl sites for hydroxylation is 1. The number of anilines is 1. The van der Waals surface area contributed by atoms with Crippen LogP contribution in [0.4, 0.5) is 5.82 Å². The molecule has 0 saturated carbocycles. The van der Waals surface area contributed by atoms with E-state index >= 15 is 0 Å². The van der Waals surface area contributed by atoms with Crippen LogP contribution in [0.25, 0.3) is 11.3 Å². The smallest absolute Gasteiger partial charge is 0.131 e. The van der Waals surface area contributed by atoms with E-state index in [-0.39, 0.29) is 5.41 Å². The minimum atomic E-state index is -0.0235. The van der Waals surface area contributed by atoms with Gasteiger partial charge in [-0.05, 0) is 25.5 Å². The lowest BCUT2D eigenvalue weighted by molar-refractivity contribution is 0.509. The van der Waals surface area contributed by atoms with Crippen molar-refractivity contribution in [3.05, 3.63) is 34.1 Å². The third-order valence-corrected chi connectivity index (χ3v) is 4.29. The van der Waals surface area contributed by atoms with Gasteiger partial charge in [0.05, 0.1) is 0 Å². The quantitative estimate of drug-likeness (QED) is 0.876. The number of nitrogens with zero attached hydrogens (tertiary/aromatic N) is 2. The highest BCUT2D eigenvalue weighted by molar-refractivity contribution is 9.10. The molecule has 0 unspecified atom stereocenters. The SMILES string of the molecule is CCn1c(C(C)(C)C)nc(-c2ccc(C)c(Br)c2)c1N. The molecule has 1 heterocycles. The number of imidazole rings is 1. The number of nitrogens with two attached hydrogens (primary N) is 1. The Balaban J connectivity index is 2.63. The zero-order valence-corrected chi connectivity index (χ0v) is 14.4. The van der Waals surface area contributed by atoms with Crippen LogP contribution in [-0.2, 0) is 12.0 Å². The minimum Gasteiger partial charge on any atom is -0.383 e. The molecule has 1 aromatic carbocycles. The predicted molar refractivity (Wildman–Crippen MR) is 88.9 cm³/mol. The van der Waals surface area contributed by atoms with Crippen LogP contribution in [-0.4, -0.2) is 9.55 Å². The van der Waals surface area contributed by atoms with Crippen LogP contribution in [0.2, 0.25) is 0 Å². The number of aromatic nitrogens is 2. The van der Waals surface area contributed by atoms with Gasteiger partial charge in [0.15, 0.2) is 0 Å². The Morgan fingerprint density at radius 2 is 1.95 bits per heavy atom. The fraction of sp³-hybridized carbons (Fsp3) is 0.438. The van der Waals surface area contributed by atoms with Crippen molar-refractivity contribution < 1.29 is 0 Å². The molecular weight excluding hydrogens is 314 g/mol. The molecule has 2 N–H and O–H groups in total. The van der Waals surface area contributed by atoms with Gasteiger partial charge in [0.2, 0.25) is 0 Å². The van der Waals surface area contributed by atoms with Gasteiger partial charge < -0.3 is 10.3 Å². The molecule has 0 aliphatic rings. The van der Waals surface area contributed by atoms with Crippen molar-refractivity contribution >= 4 is 21.7 Å². The van der Waals surface area contributed by atoms with E-state index < -0.39 is 0 Å². The number of nitrogen functional groups attached to an aromatic ring is 1. The van der Waals surface area contributed by atoms with E-state index in [4.69, 9.17) is 10.7 Å². The molecule has 3 nitrogen and oxygen atoms in total. The van der Waals surface area contributed by atoms with Gasteiger partial charge in [-0.25, -0.2) is 4.98 Å². The highest BCUT2D eigenvalue weighted by Crippen LogP contribution is 2.33. The van der Waals surface area contributed by atoms with E-state index in [2.05, 4.69) is 73.3 Å². The predicted octanol–water partition coefficient (Wildman–Crippen LogP) is 4.52. The lowest BCUT2D eigenvalue weighted by atomic mass is 9.95. The molecule has 2 aromatic rings. The molecule has 0 bridgehead atoms. The number of benzene rings is 1. The van der Waals surface area contributed by atoms with E-state index in [0.29, 0.717) is 0 Å². The molecule has 0 radical (unpaired) electrons. The van der Waals surface area contributed by atoms with Gasteiger partial charge in [-0.1, -0.05) is 48.8 Å². The third kappa shape index (κ3) is 2.62. The van der Waals surface area contributed by atoms with Crippen molar-refractivity contribution in [3.63, 3.8) is 0 Å². The summed E-state index contributed by atoms with van der Waals surface area (Å²) in [5.41, 5.74) is 9.43. The minimum absolute atomic E-state index is 0.0235. The molecule has 0 aliphatic carbocycles. The van der Waals surface area contributed by atoms with Gasteiger partial charge in [0.1, 0.15) is 17.3 Å². The fourth-order valence-electron chi connectivity index (χ4n) is 2.31. The van der Waals surface area contributed by atoms with E-state index in [9.17, 15) is 0 Å². The lowest BCUT2D eigenvalue weighted by Gasteiger charge is -2.19. The Morgan fingerprint density at radius 1 is 1.30 bits per heavy atom. The Morgan fingerprint density at radius 3 is 2.40 bits per heavy atom. The molecule has 0 saturated heterocycles. The summed E-state index contributed by atoms with van der Waals surface area (Å²) in [6.07, 6.45) is 0. The standard InChI is InChI=1S/C16H22BrN3/c1-6-20-14(18)13(19-15(20)16(3,4)5)11-8-7-10(2)12(17)9-11/h7-9H,6,18H2,1-5H3. The zero-order valence-electron chi connectivity index (χ0n) is 12.8. The van der Waals surface area contributed by atoms with Crippen LogP contribution in [0.15, 0.2) is 22.7 Å². The molecule has 0 amide bonds. The first-order valence-electron chi connectivity index (χ1n) is 6.88. The summed E-state index contributed by atoms with van der Waals surface area (Å²) >= 11 is 3.57. The molecule has 20 heavy (non-hydrogen) atoms. The summed E-state index contributed by atoms with van der Waals surface area (Å²) in [6, 6.07) is 6.24. The van der Waals surface area contributed by atoms with Crippen molar-refractivity contribution in [1.82, 2.24) is 9.55 Å². The number of halogens is 1. The Bertz CT molecular complexity index is 636. The number of hydrogen-bond acceptors (Lipinski definition) is 2. The molecule has 108 valence electrons. The summed E-state index contributed by atoms with van der Waals surface area (Å²) in [6.45, 7) is 11.5. The van der Waals surface area contributed by atoms with Crippen LogP contribution in [0.5, 0.6) is 0 Å². The van der Waals surface area contributed by atoms with E-state index in [1.54, 1.807) is 0 Å². The molecule has 4 heteroatoms. The Labute approximate surface area is 129 Å². The summed E-state index contributed by atoms with van der Waals surface area (Å²) in [5, 5.41) is 0. The van der Waals surface area contributed by atoms with Gasteiger partial charge in [0, 0.05) is 22.0 Å².